The first kappa shape index (κ1) is 22.0. The number of anilines is 1. The molecule has 0 unspecified atom stereocenters. The van der Waals surface area contributed by atoms with Gasteiger partial charge in [-0.1, -0.05) is 6.92 Å². The number of nitrogens with one attached hydrogen (secondary N) is 2. The number of urea groups is 1. The van der Waals surface area contributed by atoms with Gasteiger partial charge in [-0.3, -0.25) is 19.3 Å². The Morgan fingerprint density at radius 1 is 1.21 bits per heavy atom. The number of carbonyl (C=O) groups excluding carboxylic acids is 4. The van der Waals surface area contributed by atoms with Crippen LogP contribution in [0.15, 0.2) is 18.2 Å². The molecular formula is C19H25N3O7. The first-order valence-electron chi connectivity index (χ1n) is 9.01. The molecule has 1 aromatic rings. The minimum absolute atomic E-state index is 0.382. The Balaban J connectivity index is 1.95. The molecule has 1 saturated heterocycles. The summed E-state index contributed by atoms with van der Waals surface area (Å²) in [7, 11) is 2.96. The van der Waals surface area contributed by atoms with Crippen LogP contribution in [0.25, 0.3) is 0 Å². The maximum Gasteiger partial charge on any atom is 0.327 e. The van der Waals surface area contributed by atoms with Crippen molar-refractivity contribution >= 4 is 29.5 Å². The van der Waals surface area contributed by atoms with Gasteiger partial charge in [0.25, 0.3) is 11.8 Å². The molecule has 2 N–H and O–H groups in total. The SMILES string of the molecule is CC[C@@]1(C)NC(=O)N(CC(=O)O[C@H](C)C(=O)Nc2ccc(OC)c(OC)c2)C1=O. The van der Waals surface area contributed by atoms with Crippen LogP contribution in [0, 0.1) is 0 Å². The standard InChI is InChI=1S/C19H25N3O7/c1-6-19(3)17(25)22(18(26)21-19)10-15(23)29-11(2)16(24)20-12-7-8-13(27-4)14(9-12)28-5/h7-9,11H,6,10H2,1-5H3,(H,20,24)(H,21,26)/t11-,19-/m1/s1. The first-order chi connectivity index (χ1) is 13.6. The molecule has 1 aliphatic heterocycles. The number of methoxy groups -OCH3 is 2. The molecule has 10 heteroatoms. The van der Waals surface area contributed by atoms with Crippen LogP contribution in [0.4, 0.5) is 10.5 Å². The monoisotopic (exact) mass is 407 g/mol. The van der Waals surface area contributed by atoms with Crippen molar-refractivity contribution in [3.05, 3.63) is 18.2 Å². The quantitative estimate of drug-likeness (QED) is 0.492. The molecule has 29 heavy (non-hydrogen) atoms. The molecule has 0 spiro atoms. The summed E-state index contributed by atoms with van der Waals surface area (Å²) in [6.45, 7) is 4.14. The van der Waals surface area contributed by atoms with Crippen LogP contribution >= 0.6 is 0 Å². The molecule has 0 aliphatic carbocycles. The summed E-state index contributed by atoms with van der Waals surface area (Å²) >= 11 is 0. The number of hydrogen-bond acceptors (Lipinski definition) is 7. The van der Waals surface area contributed by atoms with E-state index < -0.39 is 42.0 Å². The van der Waals surface area contributed by atoms with E-state index in [1.807, 2.05) is 0 Å². The fraction of sp³-hybridized carbons (Fsp3) is 0.474. The van der Waals surface area contributed by atoms with Gasteiger partial charge >= 0.3 is 12.0 Å². The van der Waals surface area contributed by atoms with Crippen molar-refractivity contribution in [3.8, 4) is 11.5 Å². The van der Waals surface area contributed by atoms with E-state index in [0.29, 0.717) is 23.6 Å². The Hall–Kier alpha value is -3.30. The lowest BCUT2D eigenvalue weighted by atomic mass is 9.99. The largest absolute Gasteiger partial charge is 0.493 e. The first-order valence-corrected chi connectivity index (χ1v) is 9.01. The highest BCUT2D eigenvalue weighted by Gasteiger charge is 2.47. The molecule has 158 valence electrons. The van der Waals surface area contributed by atoms with E-state index in [4.69, 9.17) is 14.2 Å². The molecule has 1 fully saturated rings. The number of benzene rings is 1. The average molecular weight is 407 g/mol. The zero-order chi connectivity index (χ0) is 21.8. The summed E-state index contributed by atoms with van der Waals surface area (Å²) in [6, 6.07) is 4.11. The summed E-state index contributed by atoms with van der Waals surface area (Å²) in [5.41, 5.74) is -0.628. The summed E-state index contributed by atoms with van der Waals surface area (Å²) in [4.78, 5) is 49.5. The number of imide groups is 1. The van der Waals surface area contributed by atoms with Crippen LogP contribution in [0.1, 0.15) is 27.2 Å². The number of amides is 4. The highest BCUT2D eigenvalue weighted by molar-refractivity contribution is 6.08. The van der Waals surface area contributed by atoms with Crippen LogP contribution in [0.3, 0.4) is 0 Å². The van der Waals surface area contributed by atoms with Crippen LogP contribution < -0.4 is 20.1 Å². The molecule has 2 atom stereocenters. The van der Waals surface area contributed by atoms with Crippen molar-refractivity contribution < 1.29 is 33.4 Å². The van der Waals surface area contributed by atoms with Crippen molar-refractivity contribution in [2.24, 2.45) is 0 Å². The molecule has 4 amide bonds. The lowest BCUT2D eigenvalue weighted by Gasteiger charge is -2.19. The molecule has 10 nitrogen and oxygen atoms in total. The van der Waals surface area contributed by atoms with Gasteiger partial charge in [-0.15, -0.1) is 0 Å². The van der Waals surface area contributed by atoms with E-state index >= 15 is 0 Å². The van der Waals surface area contributed by atoms with Crippen molar-refractivity contribution in [2.45, 2.75) is 38.8 Å². The molecule has 1 aromatic carbocycles. The Bertz CT molecular complexity index is 826. The second-order valence-corrected chi connectivity index (χ2v) is 6.70. The third-order valence-electron chi connectivity index (χ3n) is 4.67. The van der Waals surface area contributed by atoms with Crippen LogP contribution in [-0.4, -0.2) is 61.1 Å². The van der Waals surface area contributed by atoms with Crippen molar-refractivity contribution in [1.82, 2.24) is 10.2 Å². The Kier molecular flexibility index (Phi) is 6.68. The van der Waals surface area contributed by atoms with Crippen molar-refractivity contribution in [1.29, 1.82) is 0 Å². The predicted molar refractivity (Wildman–Crippen MR) is 103 cm³/mol. The van der Waals surface area contributed by atoms with Crippen LogP contribution in [0.2, 0.25) is 0 Å². The summed E-state index contributed by atoms with van der Waals surface area (Å²) in [5.74, 6) is -1.04. The van der Waals surface area contributed by atoms with E-state index in [0.717, 1.165) is 4.90 Å². The minimum Gasteiger partial charge on any atom is -0.493 e. The molecule has 2 rings (SSSR count). The predicted octanol–water partition coefficient (Wildman–Crippen LogP) is 1.29. The van der Waals surface area contributed by atoms with E-state index in [9.17, 15) is 19.2 Å². The molecule has 0 aromatic heterocycles. The highest BCUT2D eigenvalue weighted by atomic mass is 16.5. The topological polar surface area (TPSA) is 123 Å². The zero-order valence-corrected chi connectivity index (χ0v) is 17.0. The fourth-order valence-electron chi connectivity index (χ4n) is 2.71. The number of rotatable bonds is 8. The maximum absolute atomic E-state index is 12.3. The second-order valence-electron chi connectivity index (χ2n) is 6.70. The zero-order valence-electron chi connectivity index (χ0n) is 17.0. The number of ether oxygens (including phenoxy) is 3. The lowest BCUT2D eigenvalue weighted by molar-refractivity contribution is -0.155. The van der Waals surface area contributed by atoms with E-state index in [1.165, 1.54) is 21.1 Å². The van der Waals surface area contributed by atoms with Gasteiger partial charge in [0.2, 0.25) is 0 Å². The molecule has 0 saturated carbocycles. The molecule has 0 bridgehead atoms. The number of esters is 1. The smallest absolute Gasteiger partial charge is 0.327 e. The van der Waals surface area contributed by atoms with Crippen LogP contribution in [0.5, 0.6) is 11.5 Å². The van der Waals surface area contributed by atoms with E-state index in [-0.39, 0.29) is 0 Å². The molecular weight excluding hydrogens is 382 g/mol. The average Bonchev–Trinajstić information content (AvgIpc) is 2.91. The van der Waals surface area contributed by atoms with Gasteiger partial charge in [0.15, 0.2) is 17.6 Å². The van der Waals surface area contributed by atoms with E-state index in [1.54, 1.807) is 32.0 Å². The highest BCUT2D eigenvalue weighted by Crippen LogP contribution is 2.29. The fourth-order valence-corrected chi connectivity index (χ4v) is 2.71. The van der Waals surface area contributed by atoms with Gasteiger partial charge in [-0.25, -0.2) is 4.79 Å². The van der Waals surface area contributed by atoms with Gasteiger partial charge in [-0.05, 0) is 32.4 Å². The Morgan fingerprint density at radius 3 is 2.41 bits per heavy atom. The summed E-state index contributed by atoms with van der Waals surface area (Å²) in [6.07, 6.45) is -0.762. The van der Waals surface area contributed by atoms with Gasteiger partial charge in [-0.2, -0.15) is 0 Å². The number of carbonyl (C=O) groups is 4. The Labute approximate surface area is 168 Å². The summed E-state index contributed by atoms with van der Waals surface area (Å²) in [5, 5.41) is 5.14. The number of nitrogens with zero attached hydrogens (tertiary/aromatic N) is 1. The maximum atomic E-state index is 12.3. The van der Waals surface area contributed by atoms with Crippen molar-refractivity contribution in [2.75, 3.05) is 26.1 Å². The summed E-state index contributed by atoms with van der Waals surface area (Å²) < 4.78 is 15.4. The molecule has 0 radical (unpaired) electrons. The van der Waals surface area contributed by atoms with Crippen molar-refractivity contribution in [3.63, 3.8) is 0 Å². The normalized spacial score (nSPS) is 19.4. The van der Waals surface area contributed by atoms with Crippen LogP contribution in [-0.2, 0) is 19.1 Å². The second kappa shape index (κ2) is 8.80. The third-order valence-corrected chi connectivity index (χ3v) is 4.67. The van der Waals surface area contributed by atoms with E-state index in [2.05, 4.69) is 10.6 Å². The molecule has 1 heterocycles. The lowest BCUT2D eigenvalue weighted by Crippen LogP contribution is -2.44. The van der Waals surface area contributed by atoms with Gasteiger partial charge in [0.05, 0.1) is 14.2 Å². The van der Waals surface area contributed by atoms with Gasteiger partial charge < -0.3 is 24.8 Å². The van der Waals surface area contributed by atoms with Gasteiger partial charge in [0, 0.05) is 11.8 Å². The third kappa shape index (κ3) is 4.76. The molecule has 1 aliphatic rings. The van der Waals surface area contributed by atoms with Gasteiger partial charge in [0.1, 0.15) is 12.1 Å². The minimum atomic E-state index is -1.14. The number of hydrogen-bond donors (Lipinski definition) is 2. The Morgan fingerprint density at radius 2 is 1.86 bits per heavy atom.